The molecule has 126 valence electrons. The zero-order valence-electron chi connectivity index (χ0n) is 14.8. The van der Waals surface area contributed by atoms with E-state index in [9.17, 15) is 0 Å². The van der Waals surface area contributed by atoms with Crippen molar-refractivity contribution in [3.8, 4) is 0 Å². The Morgan fingerprint density at radius 2 is 1.43 bits per heavy atom. The largest absolute Gasteiger partial charge is 0.317 e. The van der Waals surface area contributed by atoms with E-state index in [-0.39, 0.29) is 0 Å². The van der Waals surface area contributed by atoms with Gasteiger partial charge in [-0.3, -0.25) is 4.90 Å². The van der Waals surface area contributed by atoms with E-state index in [1.54, 1.807) is 11.5 Å². The number of hydrogen-bond donors (Lipinski definition) is 0. The molecule has 0 N–H and O–H groups in total. The van der Waals surface area contributed by atoms with Crippen molar-refractivity contribution in [2.75, 3.05) is 13.1 Å². The van der Waals surface area contributed by atoms with Crippen molar-refractivity contribution in [2.24, 2.45) is 5.41 Å². The molecule has 2 saturated carbocycles. The summed E-state index contributed by atoms with van der Waals surface area (Å²) in [5, 5.41) is 0. The van der Waals surface area contributed by atoms with Crippen LogP contribution >= 0.6 is 0 Å². The second-order valence-electron chi connectivity index (χ2n) is 8.55. The van der Waals surface area contributed by atoms with Gasteiger partial charge in [-0.05, 0) is 62.6 Å². The summed E-state index contributed by atoms with van der Waals surface area (Å²) in [5.74, 6) is 1.75. The van der Waals surface area contributed by atoms with Crippen molar-refractivity contribution in [1.29, 1.82) is 0 Å². The van der Waals surface area contributed by atoms with E-state index in [1.807, 2.05) is 0 Å². The molecule has 0 amide bonds. The lowest BCUT2D eigenvalue weighted by atomic mass is 9.58. The lowest BCUT2D eigenvalue weighted by Gasteiger charge is -2.54. The Morgan fingerprint density at radius 3 is 2.04 bits per heavy atom. The van der Waals surface area contributed by atoms with Crippen LogP contribution in [0, 0.1) is 11.3 Å². The molecule has 1 spiro atoms. The molecular formula is C22H32N-. The Balaban J connectivity index is 1.57. The molecular weight excluding hydrogens is 278 g/mol. The molecule has 0 bridgehead atoms. The highest BCUT2D eigenvalue weighted by molar-refractivity contribution is 5.26. The van der Waals surface area contributed by atoms with Crippen LogP contribution in [0.5, 0.6) is 0 Å². The van der Waals surface area contributed by atoms with Crippen LogP contribution < -0.4 is 0 Å². The van der Waals surface area contributed by atoms with Gasteiger partial charge in [0.1, 0.15) is 0 Å². The summed E-state index contributed by atoms with van der Waals surface area (Å²) in [5.41, 5.74) is 2.62. The van der Waals surface area contributed by atoms with Crippen molar-refractivity contribution in [3.63, 3.8) is 0 Å². The van der Waals surface area contributed by atoms with Gasteiger partial charge in [0.25, 0.3) is 0 Å². The van der Waals surface area contributed by atoms with Gasteiger partial charge in [0.2, 0.25) is 0 Å². The zero-order valence-corrected chi connectivity index (χ0v) is 14.8. The van der Waals surface area contributed by atoms with E-state index in [1.165, 1.54) is 77.3 Å². The monoisotopic (exact) mass is 310 g/mol. The van der Waals surface area contributed by atoms with Crippen molar-refractivity contribution >= 4 is 0 Å². The van der Waals surface area contributed by atoms with E-state index < -0.39 is 0 Å². The summed E-state index contributed by atoms with van der Waals surface area (Å²) in [4.78, 5) is 2.84. The molecule has 0 atom stereocenters. The molecule has 1 heterocycles. The van der Waals surface area contributed by atoms with Crippen molar-refractivity contribution in [1.82, 2.24) is 4.90 Å². The van der Waals surface area contributed by atoms with Crippen molar-refractivity contribution in [3.05, 3.63) is 41.8 Å². The summed E-state index contributed by atoms with van der Waals surface area (Å²) < 4.78 is 0. The van der Waals surface area contributed by atoms with Gasteiger partial charge in [-0.1, -0.05) is 43.2 Å². The fourth-order valence-corrected chi connectivity index (χ4v) is 5.58. The van der Waals surface area contributed by atoms with Gasteiger partial charge < -0.3 is 5.92 Å². The maximum atomic E-state index is 2.84. The molecule has 23 heavy (non-hydrogen) atoms. The minimum atomic E-state index is 0.346. The predicted molar refractivity (Wildman–Crippen MR) is 97.2 cm³/mol. The highest BCUT2D eigenvalue weighted by atomic mass is 15.2. The number of benzene rings is 1. The third-order valence-corrected chi connectivity index (χ3v) is 7.32. The van der Waals surface area contributed by atoms with Gasteiger partial charge in [0.05, 0.1) is 0 Å². The van der Waals surface area contributed by atoms with Crippen LogP contribution in [0.3, 0.4) is 0 Å². The fourth-order valence-electron chi connectivity index (χ4n) is 5.58. The van der Waals surface area contributed by atoms with E-state index in [4.69, 9.17) is 0 Å². The molecule has 1 aromatic rings. The van der Waals surface area contributed by atoms with Gasteiger partial charge in [-0.2, -0.15) is 19.8 Å². The van der Waals surface area contributed by atoms with Crippen molar-refractivity contribution < 1.29 is 0 Å². The highest BCUT2D eigenvalue weighted by Gasteiger charge is 2.46. The van der Waals surface area contributed by atoms with Gasteiger partial charge >= 0.3 is 0 Å². The maximum Gasteiger partial charge on any atom is 0.0461 e. The molecule has 1 aliphatic heterocycles. The Kier molecular flexibility index (Phi) is 4.26. The third-order valence-electron chi connectivity index (χ3n) is 7.32. The Bertz CT molecular complexity index is 496. The average molecular weight is 311 g/mol. The second kappa shape index (κ2) is 6.24. The fraction of sp³-hybridized carbons (Fsp3) is 0.682. The van der Waals surface area contributed by atoms with E-state index in [0.717, 1.165) is 0 Å². The van der Waals surface area contributed by atoms with Crippen LogP contribution in [0.2, 0.25) is 0 Å². The Hall–Kier alpha value is -0.820. The first-order chi connectivity index (χ1) is 11.2. The molecule has 0 aromatic heterocycles. The molecule has 0 radical (unpaired) electrons. The molecule has 0 unspecified atom stereocenters. The predicted octanol–water partition coefficient (Wildman–Crippen LogP) is 5.71. The molecule has 1 heteroatoms. The number of rotatable bonds is 2. The second-order valence-corrected chi connectivity index (χ2v) is 8.55. The van der Waals surface area contributed by atoms with E-state index >= 15 is 0 Å². The van der Waals surface area contributed by atoms with Gasteiger partial charge in [0, 0.05) is 5.54 Å². The number of likely N-dealkylation sites (tertiary alicyclic amines) is 1. The van der Waals surface area contributed by atoms with Gasteiger partial charge in [-0.15, -0.1) is 0 Å². The Labute approximate surface area is 142 Å². The summed E-state index contributed by atoms with van der Waals surface area (Å²) in [6.45, 7) is 5.00. The van der Waals surface area contributed by atoms with Crippen LogP contribution in [0.1, 0.15) is 76.7 Å². The summed E-state index contributed by atoms with van der Waals surface area (Å²) in [7, 11) is 0. The minimum absolute atomic E-state index is 0.346. The van der Waals surface area contributed by atoms with Crippen LogP contribution in [-0.4, -0.2) is 18.0 Å². The standard InChI is InChI=1S/C22H32N/c1-19-9-11-21(12-10-19)13-15-22(16-14-21,23-17-5-6-18-23)20-7-3-2-4-8-20/h2-4,7-8H,5-6,9-18H2,1H3/q-1. The third kappa shape index (κ3) is 2.86. The first-order valence-corrected chi connectivity index (χ1v) is 9.85. The number of hydrogen-bond acceptors (Lipinski definition) is 1. The molecule has 4 rings (SSSR count). The van der Waals surface area contributed by atoms with Crippen LogP contribution in [-0.2, 0) is 5.54 Å². The van der Waals surface area contributed by atoms with Gasteiger partial charge in [-0.25, -0.2) is 0 Å². The molecule has 3 fully saturated rings. The van der Waals surface area contributed by atoms with E-state index in [2.05, 4.69) is 42.2 Å². The van der Waals surface area contributed by atoms with Crippen molar-refractivity contribution in [2.45, 2.75) is 76.7 Å². The molecule has 1 saturated heterocycles. The smallest absolute Gasteiger partial charge is 0.0461 e. The van der Waals surface area contributed by atoms with Gasteiger partial charge in [0.15, 0.2) is 0 Å². The average Bonchev–Trinajstić information content (AvgIpc) is 3.15. The highest BCUT2D eigenvalue weighted by Crippen LogP contribution is 2.55. The van der Waals surface area contributed by atoms with Crippen LogP contribution in [0.25, 0.3) is 0 Å². The van der Waals surface area contributed by atoms with Crippen LogP contribution in [0.4, 0.5) is 0 Å². The minimum Gasteiger partial charge on any atom is -0.317 e. The first-order valence-electron chi connectivity index (χ1n) is 9.85. The SMILES string of the molecule is C[C-]1CCC2(CC1)CCC(c1ccccc1)(N1CCCC1)CC2. The van der Waals surface area contributed by atoms with Crippen LogP contribution in [0.15, 0.2) is 30.3 Å². The van der Waals surface area contributed by atoms with E-state index in [0.29, 0.717) is 11.0 Å². The summed E-state index contributed by atoms with van der Waals surface area (Å²) in [6.07, 6.45) is 14.2. The molecule has 3 aliphatic rings. The number of nitrogens with zero attached hydrogens (tertiary/aromatic N) is 1. The zero-order chi connectivity index (χ0) is 15.8. The Morgan fingerprint density at radius 1 is 0.826 bits per heavy atom. The summed E-state index contributed by atoms with van der Waals surface area (Å²) in [6, 6.07) is 11.5. The summed E-state index contributed by atoms with van der Waals surface area (Å²) >= 11 is 0. The quantitative estimate of drug-likeness (QED) is 0.633. The molecule has 1 nitrogen and oxygen atoms in total. The lowest BCUT2D eigenvalue weighted by molar-refractivity contribution is 0.00365. The topological polar surface area (TPSA) is 3.24 Å². The normalized spacial score (nSPS) is 28.2. The molecule has 2 aliphatic carbocycles. The lowest BCUT2D eigenvalue weighted by Crippen LogP contribution is -2.49. The first kappa shape index (κ1) is 15.7. The molecule has 1 aromatic carbocycles. The maximum absolute atomic E-state index is 2.84.